The van der Waals surface area contributed by atoms with Crippen molar-refractivity contribution >= 4 is 21.6 Å². The molecule has 21 heavy (non-hydrogen) atoms. The highest BCUT2D eigenvalue weighted by Crippen LogP contribution is 2.36. The molecule has 3 rings (SSSR count). The minimum absolute atomic E-state index is 0.104. The second-order valence-electron chi connectivity index (χ2n) is 5.14. The maximum absolute atomic E-state index is 12.8. The quantitative estimate of drug-likeness (QED) is 0.860. The van der Waals surface area contributed by atoms with E-state index in [1.54, 1.807) is 28.6 Å². The molecule has 0 radical (unpaired) electrons. The standard InChI is InChI=1S/C16H16ClNO2S/c17-14-10-8-13(9-11-14)16-7-4-12-18(16)21(19,20)15-5-2-1-3-6-15/h1-3,5-6,8-11,16H,4,7,12H2/t16-/m0/s1. The Kier molecular flexibility index (Phi) is 4.02. The van der Waals surface area contributed by atoms with Crippen molar-refractivity contribution in [2.75, 3.05) is 6.54 Å². The molecule has 1 aliphatic rings. The van der Waals surface area contributed by atoms with E-state index in [9.17, 15) is 8.42 Å². The summed E-state index contributed by atoms with van der Waals surface area (Å²) in [5, 5.41) is 0.661. The maximum Gasteiger partial charge on any atom is 0.243 e. The number of sulfonamides is 1. The van der Waals surface area contributed by atoms with Gasteiger partial charge in [-0.3, -0.25) is 0 Å². The van der Waals surface area contributed by atoms with Crippen molar-refractivity contribution in [3.05, 3.63) is 65.2 Å². The Morgan fingerprint density at radius 2 is 1.67 bits per heavy atom. The van der Waals surface area contributed by atoms with Crippen LogP contribution < -0.4 is 0 Å². The van der Waals surface area contributed by atoms with Gasteiger partial charge in [0, 0.05) is 11.6 Å². The molecule has 1 saturated heterocycles. The number of hydrogen-bond donors (Lipinski definition) is 0. The van der Waals surface area contributed by atoms with E-state index in [1.165, 1.54) is 0 Å². The van der Waals surface area contributed by atoms with Crippen molar-refractivity contribution in [3.63, 3.8) is 0 Å². The van der Waals surface area contributed by atoms with Crippen LogP contribution in [0.5, 0.6) is 0 Å². The molecule has 1 atom stereocenters. The van der Waals surface area contributed by atoms with Crippen molar-refractivity contribution in [1.82, 2.24) is 4.31 Å². The zero-order chi connectivity index (χ0) is 14.9. The molecule has 0 aliphatic carbocycles. The summed E-state index contributed by atoms with van der Waals surface area (Å²) in [6.07, 6.45) is 1.72. The summed E-state index contributed by atoms with van der Waals surface area (Å²) in [6.45, 7) is 0.560. The van der Waals surface area contributed by atoms with Crippen LogP contribution >= 0.6 is 11.6 Å². The molecular weight excluding hydrogens is 306 g/mol. The number of nitrogens with zero attached hydrogens (tertiary/aromatic N) is 1. The lowest BCUT2D eigenvalue weighted by Crippen LogP contribution is -2.30. The van der Waals surface area contributed by atoms with Gasteiger partial charge in [-0.2, -0.15) is 4.31 Å². The third-order valence-electron chi connectivity index (χ3n) is 3.81. The molecule has 5 heteroatoms. The first-order chi connectivity index (χ1) is 10.1. The molecule has 0 amide bonds. The lowest BCUT2D eigenvalue weighted by molar-refractivity contribution is 0.396. The average molecular weight is 322 g/mol. The van der Waals surface area contributed by atoms with Gasteiger partial charge >= 0.3 is 0 Å². The van der Waals surface area contributed by atoms with Gasteiger partial charge in [-0.1, -0.05) is 41.9 Å². The monoisotopic (exact) mass is 321 g/mol. The third-order valence-corrected chi connectivity index (χ3v) is 5.98. The van der Waals surface area contributed by atoms with Crippen LogP contribution in [0, 0.1) is 0 Å². The smallest absolute Gasteiger partial charge is 0.207 e. The zero-order valence-corrected chi connectivity index (χ0v) is 13.0. The van der Waals surface area contributed by atoms with Crippen LogP contribution in [0.3, 0.4) is 0 Å². The molecule has 0 unspecified atom stereocenters. The third kappa shape index (κ3) is 2.84. The summed E-state index contributed by atoms with van der Waals surface area (Å²) in [4.78, 5) is 0.353. The molecule has 1 aliphatic heterocycles. The van der Waals surface area contributed by atoms with E-state index in [-0.39, 0.29) is 6.04 Å². The SMILES string of the molecule is O=S(=O)(c1ccccc1)N1CCC[C@H]1c1ccc(Cl)cc1. The van der Waals surface area contributed by atoms with Gasteiger partial charge in [0.05, 0.1) is 10.9 Å². The van der Waals surface area contributed by atoms with Crippen molar-refractivity contribution in [2.24, 2.45) is 0 Å². The van der Waals surface area contributed by atoms with Gasteiger partial charge < -0.3 is 0 Å². The van der Waals surface area contributed by atoms with Crippen molar-refractivity contribution < 1.29 is 8.42 Å². The van der Waals surface area contributed by atoms with E-state index in [2.05, 4.69) is 0 Å². The summed E-state index contributed by atoms with van der Waals surface area (Å²) in [6, 6.07) is 15.9. The van der Waals surface area contributed by atoms with Gasteiger partial charge in [0.1, 0.15) is 0 Å². The van der Waals surface area contributed by atoms with E-state index < -0.39 is 10.0 Å². The summed E-state index contributed by atoms with van der Waals surface area (Å²) >= 11 is 5.91. The van der Waals surface area contributed by atoms with E-state index in [0.717, 1.165) is 18.4 Å². The number of benzene rings is 2. The number of rotatable bonds is 3. The molecule has 1 fully saturated rings. The highest BCUT2D eigenvalue weighted by Gasteiger charge is 2.35. The average Bonchev–Trinajstić information content (AvgIpc) is 2.99. The Bertz CT molecular complexity index is 714. The largest absolute Gasteiger partial charge is 0.243 e. The Hall–Kier alpha value is -1.36. The molecule has 0 spiro atoms. The molecule has 0 bridgehead atoms. The van der Waals surface area contributed by atoms with Crippen LogP contribution in [0.25, 0.3) is 0 Å². The Morgan fingerprint density at radius 3 is 2.33 bits per heavy atom. The van der Waals surface area contributed by atoms with Gasteiger partial charge in [0.25, 0.3) is 0 Å². The van der Waals surface area contributed by atoms with Crippen LogP contribution in [0.2, 0.25) is 5.02 Å². The first-order valence-electron chi connectivity index (χ1n) is 6.91. The molecular formula is C16H16ClNO2S. The first-order valence-corrected chi connectivity index (χ1v) is 8.73. The number of halogens is 1. The second kappa shape index (κ2) is 5.79. The van der Waals surface area contributed by atoms with Crippen LogP contribution in [0.15, 0.2) is 59.5 Å². The number of hydrogen-bond acceptors (Lipinski definition) is 2. The molecule has 2 aromatic carbocycles. The molecule has 3 nitrogen and oxygen atoms in total. The summed E-state index contributed by atoms with van der Waals surface area (Å²) in [5.41, 5.74) is 0.997. The molecule has 1 heterocycles. The normalized spacial score (nSPS) is 19.8. The lowest BCUT2D eigenvalue weighted by Gasteiger charge is -2.24. The second-order valence-corrected chi connectivity index (χ2v) is 7.47. The Balaban J connectivity index is 1.96. The summed E-state index contributed by atoms with van der Waals surface area (Å²) in [7, 11) is -3.45. The van der Waals surface area contributed by atoms with Gasteiger partial charge in [-0.15, -0.1) is 0 Å². The maximum atomic E-state index is 12.8. The van der Waals surface area contributed by atoms with E-state index in [0.29, 0.717) is 16.5 Å². The zero-order valence-electron chi connectivity index (χ0n) is 11.4. The van der Waals surface area contributed by atoms with Crippen LogP contribution in [0.1, 0.15) is 24.4 Å². The van der Waals surface area contributed by atoms with E-state index in [4.69, 9.17) is 11.6 Å². The minimum atomic E-state index is -3.45. The highest BCUT2D eigenvalue weighted by atomic mass is 35.5. The predicted molar refractivity (Wildman–Crippen MR) is 83.8 cm³/mol. The van der Waals surface area contributed by atoms with Crippen LogP contribution in [0.4, 0.5) is 0 Å². The minimum Gasteiger partial charge on any atom is -0.207 e. The van der Waals surface area contributed by atoms with Gasteiger partial charge in [0.15, 0.2) is 0 Å². The van der Waals surface area contributed by atoms with Crippen molar-refractivity contribution in [2.45, 2.75) is 23.8 Å². The fraction of sp³-hybridized carbons (Fsp3) is 0.250. The molecule has 0 saturated carbocycles. The Morgan fingerprint density at radius 1 is 1.00 bits per heavy atom. The summed E-state index contributed by atoms with van der Waals surface area (Å²) in [5.74, 6) is 0. The van der Waals surface area contributed by atoms with E-state index >= 15 is 0 Å². The van der Waals surface area contributed by atoms with Crippen LogP contribution in [-0.4, -0.2) is 19.3 Å². The van der Waals surface area contributed by atoms with Crippen molar-refractivity contribution in [1.29, 1.82) is 0 Å². The fourth-order valence-electron chi connectivity index (χ4n) is 2.77. The van der Waals surface area contributed by atoms with Gasteiger partial charge in [-0.25, -0.2) is 8.42 Å². The highest BCUT2D eigenvalue weighted by molar-refractivity contribution is 7.89. The van der Waals surface area contributed by atoms with Crippen LogP contribution in [-0.2, 0) is 10.0 Å². The summed E-state index contributed by atoms with van der Waals surface area (Å²) < 4.78 is 27.2. The molecule has 0 aromatic heterocycles. The van der Waals surface area contributed by atoms with Crippen molar-refractivity contribution in [3.8, 4) is 0 Å². The van der Waals surface area contributed by atoms with Gasteiger partial charge in [-0.05, 0) is 42.7 Å². The first kappa shape index (κ1) is 14.6. The molecule has 110 valence electrons. The van der Waals surface area contributed by atoms with Gasteiger partial charge in [0.2, 0.25) is 10.0 Å². The lowest BCUT2D eigenvalue weighted by atomic mass is 10.1. The topological polar surface area (TPSA) is 37.4 Å². The molecule has 0 N–H and O–H groups in total. The fourth-order valence-corrected chi connectivity index (χ4v) is 4.60. The Labute approximate surface area is 130 Å². The molecule has 2 aromatic rings. The van der Waals surface area contributed by atoms with E-state index in [1.807, 2.05) is 30.3 Å². The predicted octanol–water partition coefficient (Wildman–Crippen LogP) is 3.87.